The van der Waals surface area contributed by atoms with Crippen LogP contribution in [0.2, 0.25) is 0 Å². The van der Waals surface area contributed by atoms with Gasteiger partial charge in [-0.2, -0.15) is 4.98 Å². The Hall–Kier alpha value is -2.70. The van der Waals surface area contributed by atoms with Gasteiger partial charge in [0.1, 0.15) is 36.3 Å². The maximum Gasteiger partial charge on any atom is 0.325 e. The number of H-pyrrole nitrogens is 1. The number of aromatic amines is 1. The lowest BCUT2D eigenvalue weighted by Crippen LogP contribution is -2.37. The second-order valence-corrected chi connectivity index (χ2v) is 17.1. The summed E-state index contributed by atoms with van der Waals surface area (Å²) in [7, 11) is 0. The normalized spacial score (nSPS) is 39.6. The summed E-state index contributed by atoms with van der Waals surface area (Å²) in [6, 6.07) is 0. The number of nitrogens with zero attached hydrogens (tertiary/aromatic N) is 7. The summed E-state index contributed by atoms with van der Waals surface area (Å²) in [6.07, 6.45) is -7.71. The summed E-state index contributed by atoms with van der Waals surface area (Å²) in [5.41, 5.74) is 8.90. The van der Waals surface area contributed by atoms with Gasteiger partial charge < -0.3 is 44.9 Å². The van der Waals surface area contributed by atoms with Gasteiger partial charge in [0.2, 0.25) is 5.95 Å². The van der Waals surface area contributed by atoms with Crippen LogP contribution in [0.3, 0.4) is 0 Å². The van der Waals surface area contributed by atoms with Crippen LogP contribution in [0.5, 0.6) is 0 Å². The van der Waals surface area contributed by atoms with Crippen molar-refractivity contribution >= 4 is 71.1 Å². The third kappa shape index (κ3) is 5.01. The fraction of sp³-hybridized carbons (Fsp3) is 0.545. The number of imidazole rings is 2. The van der Waals surface area contributed by atoms with Gasteiger partial charge in [0.25, 0.3) is 11.5 Å². The molecule has 258 valence electrons. The van der Waals surface area contributed by atoms with E-state index in [0.29, 0.717) is 0 Å². The van der Waals surface area contributed by atoms with Gasteiger partial charge in [0.05, 0.1) is 37.4 Å². The van der Waals surface area contributed by atoms with E-state index >= 15 is 8.78 Å². The largest absolute Gasteiger partial charge is 0.386 e. The van der Waals surface area contributed by atoms with Gasteiger partial charge >= 0.3 is 13.4 Å². The highest BCUT2D eigenvalue weighted by molar-refractivity contribution is 8.07. The Morgan fingerprint density at radius 1 is 0.958 bits per heavy atom. The van der Waals surface area contributed by atoms with Gasteiger partial charge in [-0.3, -0.25) is 28.0 Å². The van der Waals surface area contributed by atoms with Crippen LogP contribution in [0, 0.1) is 5.41 Å². The van der Waals surface area contributed by atoms with Crippen molar-refractivity contribution in [1.82, 2.24) is 39.0 Å². The lowest BCUT2D eigenvalue weighted by molar-refractivity contribution is -0.0609. The van der Waals surface area contributed by atoms with Gasteiger partial charge in [0, 0.05) is 6.42 Å². The molecule has 0 aromatic carbocycles. The van der Waals surface area contributed by atoms with Crippen LogP contribution in [0.1, 0.15) is 18.9 Å². The van der Waals surface area contributed by atoms with E-state index in [0.717, 1.165) is 12.7 Å². The Bertz CT molecular complexity index is 2120. The number of aromatic nitrogens is 8. The van der Waals surface area contributed by atoms with Gasteiger partial charge in [-0.05, 0) is 23.6 Å². The zero-order valence-electron chi connectivity index (χ0n) is 23.8. The second kappa shape index (κ2) is 10.9. The topological polar surface area (TPSA) is 275 Å². The molecule has 4 aromatic rings. The number of aliphatic hydroxyl groups excluding tert-OH is 1. The number of nitrogen functional groups attached to an aromatic ring is 2. The van der Waals surface area contributed by atoms with Crippen molar-refractivity contribution in [2.75, 3.05) is 24.7 Å². The van der Waals surface area contributed by atoms with E-state index in [4.69, 9.17) is 62.6 Å². The van der Waals surface area contributed by atoms with Crippen molar-refractivity contribution in [3.05, 3.63) is 29.3 Å². The van der Waals surface area contributed by atoms with E-state index in [9.17, 15) is 19.7 Å². The molecular weight excluding hydrogens is 728 g/mol. The minimum atomic E-state index is -4.44. The van der Waals surface area contributed by atoms with Crippen LogP contribution in [-0.2, 0) is 51.2 Å². The molecule has 1 aliphatic carbocycles. The molecule has 2 bridgehead atoms. The molecule has 8 rings (SSSR count). The summed E-state index contributed by atoms with van der Waals surface area (Å²) in [6.45, 7) is -10.2. The van der Waals surface area contributed by atoms with E-state index in [2.05, 4.69) is 29.9 Å². The molecular formula is C22H24F2N10O10P2S2. The highest BCUT2D eigenvalue weighted by Crippen LogP contribution is 2.73. The van der Waals surface area contributed by atoms with Crippen LogP contribution in [0.25, 0.3) is 22.3 Å². The monoisotopic (exact) mass is 752 g/mol. The Balaban J connectivity index is 1.15. The van der Waals surface area contributed by atoms with Crippen molar-refractivity contribution in [2.45, 2.75) is 55.3 Å². The number of aliphatic hydroxyl groups is 1. The molecule has 10 atom stereocenters. The van der Waals surface area contributed by atoms with Crippen LogP contribution >= 0.6 is 13.4 Å². The van der Waals surface area contributed by atoms with E-state index in [1.165, 1.54) is 15.5 Å². The number of fused-ring (bicyclic) bond motifs is 3. The zero-order valence-corrected chi connectivity index (χ0v) is 27.3. The molecule has 20 nitrogen and oxygen atoms in total. The molecule has 1 spiro atoms. The second-order valence-electron chi connectivity index (χ2n) is 11.5. The highest BCUT2D eigenvalue weighted by atomic mass is 32.5. The number of hydrogen-bond donors (Lipinski definition) is 6. The molecule has 4 fully saturated rings. The Labute approximate surface area is 275 Å². The Morgan fingerprint density at radius 3 is 2.35 bits per heavy atom. The molecule has 0 amide bonds. The van der Waals surface area contributed by atoms with Crippen molar-refractivity contribution in [1.29, 1.82) is 0 Å². The Morgan fingerprint density at radius 2 is 1.62 bits per heavy atom. The van der Waals surface area contributed by atoms with Crippen molar-refractivity contribution in [3.8, 4) is 0 Å². The quantitative estimate of drug-likeness (QED) is 0.142. The van der Waals surface area contributed by atoms with Gasteiger partial charge in [-0.15, -0.1) is 0 Å². The molecule has 1 saturated carbocycles. The van der Waals surface area contributed by atoms with Crippen molar-refractivity contribution in [3.63, 3.8) is 0 Å². The van der Waals surface area contributed by atoms with Gasteiger partial charge in [0.15, 0.2) is 35.1 Å². The van der Waals surface area contributed by atoms with Gasteiger partial charge in [-0.1, -0.05) is 0 Å². The third-order valence-electron chi connectivity index (χ3n) is 8.70. The summed E-state index contributed by atoms with van der Waals surface area (Å²) in [4.78, 5) is 57.3. The first-order valence-electron chi connectivity index (χ1n) is 13.9. The summed E-state index contributed by atoms with van der Waals surface area (Å²) in [5.74, 6) is -3.64. The van der Waals surface area contributed by atoms with E-state index in [1.54, 1.807) is 0 Å². The van der Waals surface area contributed by atoms with Crippen LogP contribution < -0.4 is 17.0 Å². The van der Waals surface area contributed by atoms with Crippen LogP contribution in [-0.4, -0.2) is 104 Å². The first-order valence-corrected chi connectivity index (χ1v) is 19.1. The molecule has 3 saturated heterocycles. The van der Waals surface area contributed by atoms with E-state index < -0.39 is 92.9 Å². The molecule has 4 aliphatic rings. The number of anilines is 2. The average Bonchev–Trinajstić information content (AvgIpc) is 3.49. The number of nitrogens with one attached hydrogen (secondary N) is 1. The molecule has 7 heterocycles. The highest BCUT2D eigenvalue weighted by Gasteiger charge is 2.83. The minimum Gasteiger partial charge on any atom is -0.386 e. The molecule has 48 heavy (non-hydrogen) atoms. The zero-order chi connectivity index (χ0) is 34.0. The third-order valence-corrected chi connectivity index (χ3v) is 11.8. The number of hydrogen-bond acceptors (Lipinski definition) is 17. The molecule has 26 heteroatoms. The minimum absolute atomic E-state index is 0.0118. The molecule has 3 aliphatic heterocycles. The first-order chi connectivity index (χ1) is 22.6. The number of nitrogens with two attached hydrogens (primary N) is 2. The first kappa shape index (κ1) is 32.5. The molecule has 0 radical (unpaired) electrons. The predicted molar refractivity (Wildman–Crippen MR) is 163 cm³/mol. The van der Waals surface area contributed by atoms with Gasteiger partial charge in [-0.25, -0.2) is 28.7 Å². The van der Waals surface area contributed by atoms with E-state index in [-0.39, 0.29) is 34.1 Å². The van der Waals surface area contributed by atoms with Crippen LogP contribution in [0.15, 0.2) is 23.8 Å². The van der Waals surface area contributed by atoms with Crippen LogP contribution in [0.4, 0.5) is 20.5 Å². The summed E-state index contributed by atoms with van der Waals surface area (Å²) in [5, 5.41) is 11.3. The standard InChI is InChI=1S/C22H24F2N10O10P2S2/c23-22(24)3-21(22)8-2-40-45(37,47)43-12-7(41-18(11(12)35)34-6-30-10-16(34)31-20(26)32-17(10)36)1-39-46(38,48)44-13(21)19(42-8)33-5-29-9-14(25)27-4-28-15(9)33/h4-8,11-13,18-19,35H,1-3H2,(H,37,47)(H,38,48)(H2,25,27,28)(H3,26,31,32,36)/t7-,8-,11-,12-,13+,18-,19-,21+,45?,46?/m1/s1. The molecule has 4 aromatic heterocycles. The summed E-state index contributed by atoms with van der Waals surface area (Å²) < 4.78 is 68.0. The average molecular weight is 753 g/mol. The number of alkyl halides is 2. The van der Waals surface area contributed by atoms with Crippen molar-refractivity contribution in [2.24, 2.45) is 5.41 Å². The Kier molecular flexibility index (Phi) is 7.38. The number of halogens is 2. The molecule has 2 unspecified atom stereocenters. The number of ether oxygens (including phenoxy) is 2. The SMILES string of the molecule is Nc1nc2c(ncn2[C@@H]2O[C@@H]3COP(O)(=S)O[C@H]4[C@H](n5cnc6c(N)ncnc65)O[C@H](COP(O)(=S)O[C@H]3[C@H]2O)[C@@]42CC2(F)F)c(=O)[nH]1. The smallest absolute Gasteiger partial charge is 0.325 e. The lowest BCUT2D eigenvalue weighted by atomic mass is 9.94. The number of rotatable bonds is 2. The maximum absolute atomic E-state index is 15.4. The van der Waals surface area contributed by atoms with Crippen molar-refractivity contribution < 1.29 is 51.2 Å². The fourth-order valence-corrected chi connectivity index (χ4v) is 9.28. The molecule has 8 N–H and O–H groups in total. The summed E-state index contributed by atoms with van der Waals surface area (Å²) >= 11 is 10.5. The maximum atomic E-state index is 15.4. The lowest BCUT2D eigenvalue weighted by Gasteiger charge is -2.29. The fourth-order valence-electron chi connectivity index (χ4n) is 6.41. The predicted octanol–water partition coefficient (Wildman–Crippen LogP) is -0.444. The van der Waals surface area contributed by atoms with E-state index in [1.807, 2.05) is 0 Å².